The van der Waals surface area contributed by atoms with Gasteiger partial charge in [-0.15, -0.1) is 0 Å². The molecule has 0 radical (unpaired) electrons. The SMILES string of the molecule is CCOC[C@@H](OS(C)(=O)=O)[C@H](Cc1ccccc1)NC(=O)OC(C)(C)C. The summed E-state index contributed by atoms with van der Waals surface area (Å²) in [6, 6.07) is 8.76. The van der Waals surface area contributed by atoms with Gasteiger partial charge < -0.3 is 14.8 Å². The Labute approximate surface area is 156 Å². The predicted octanol–water partition coefficient (Wildman–Crippen LogP) is 2.50. The van der Waals surface area contributed by atoms with Crippen LogP contribution < -0.4 is 5.32 Å². The molecule has 148 valence electrons. The fourth-order valence-electron chi connectivity index (χ4n) is 2.27. The van der Waals surface area contributed by atoms with E-state index in [1.54, 1.807) is 27.7 Å². The van der Waals surface area contributed by atoms with Gasteiger partial charge in [0.05, 0.1) is 18.9 Å². The van der Waals surface area contributed by atoms with Gasteiger partial charge in [0.25, 0.3) is 10.1 Å². The van der Waals surface area contributed by atoms with Crippen molar-refractivity contribution in [3.05, 3.63) is 35.9 Å². The first kappa shape index (κ1) is 22.4. The van der Waals surface area contributed by atoms with Gasteiger partial charge in [-0.25, -0.2) is 4.79 Å². The maximum atomic E-state index is 12.2. The molecule has 0 unspecified atom stereocenters. The van der Waals surface area contributed by atoms with Crippen molar-refractivity contribution in [2.45, 2.75) is 51.9 Å². The average molecular weight is 387 g/mol. The van der Waals surface area contributed by atoms with Crippen LogP contribution in [0.15, 0.2) is 30.3 Å². The molecule has 2 atom stereocenters. The molecule has 1 N–H and O–H groups in total. The van der Waals surface area contributed by atoms with Crippen molar-refractivity contribution in [3.8, 4) is 0 Å². The Hall–Kier alpha value is -1.64. The molecular formula is C18H29NO6S. The summed E-state index contributed by atoms with van der Waals surface area (Å²) in [5, 5.41) is 2.72. The summed E-state index contributed by atoms with van der Waals surface area (Å²) in [5.74, 6) is 0. The topological polar surface area (TPSA) is 90.9 Å². The first-order valence-electron chi connectivity index (χ1n) is 8.49. The Balaban J connectivity index is 3.02. The second kappa shape index (κ2) is 9.89. The smallest absolute Gasteiger partial charge is 0.407 e. The van der Waals surface area contributed by atoms with Crippen LogP contribution in [0, 0.1) is 0 Å². The van der Waals surface area contributed by atoms with E-state index in [4.69, 9.17) is 13.7 Å². The van der Waals surface area contributed by atoms with Crippen molar-refractivity contribution >= 4 is 16.2 Å². The Kier molecular flexibility index (Phi) is 8.52. The van der Waals surface area contributed by atoms with Crippen LogP contribution in [0.3, 0.4) is 0 Å². The molecular weight excluding hydrogens is 358 g/mol. The van der Waals surface area contributed by atoms with Crippen LogP contribution in [0.4, 0.5) is 4.79 Å². The zero-order chi connectivity index (χ0) is 19.8. The van der Waals surface area contributed by atoms with Crippen molar-refractivity contribution in [1.82, 2.24) is 5.32 Å². The summed E-state index contributed by atoms with van der Waals surface area (Å²) in [6.07, 6.45) is -0.179. The molecule has 0 aliphatic heterocycles. The van der Waals surface area contributed by atoms with Gasteiger partial charge >= 0.3 is 6.09 Å². The van der Waals surface area contributed by atoms with E-state index in [2.05, 4.69) is 5.32 Å². The average Bonchev–Trinajstić information content (AvgIpc) is 2.49. The third-order valence-corrected chi connectivity index (χ3v) is 3.83. The Morgan fingerprint density at radius 1 is 1.19 bits per heavy atom. The van der Waals surface area contributed by atoms with Crippen molar-refractivity contribution in [1.29, 1.82) is 0 Å². The van der Waals surface area contributed by atoms with Crippen molar-refractivity contribution in [2.24, 2.45) is 0 Å². The molecule has 0 heterocycles. The number of benzene rings is 1. The number of amides is 1. The fraction of sp³-hybridized carbons (Fsp3) is 0.611. The first-order chi connectivity index (χ1) is 12.0. The van der Waals surface area contributed by atoms with Gasteiger partial charge in [0.1, 0.15) is 11.7 Å². The molecule has 0 fully saturated rings. The molecule has 1 rings (SSSR count). The lowest BCUT2D eigenvalue weighted by Crippen LogP contribution is -2.50. The third kappa shape index (κ3) is 9.74. The van der Waals surface area contributed by atoms with Crippen LogP contribution in [0.1, 0.15) is 33.3 Å². The van der Waals surface area contributed by atoms with Gasteiger partial charge in [0.2, 0.25) is 0 Å². The lowest BCUT2D eigenvalue weighted by molar-refractivity contribution is 0.0247. The molecule has 0 aliphatic rings. The highest BCUT2D eigenvalue weighted by Crippen LogP contribution is 2.14. The van der Waals surface area contributed by atoms with Gasteiger partial charge in [-0.05, 0) is 39.7 Å². The minimum Gasteiger partial charge on any atom is -0.444 e. The van der Waals surface area contributed by atoms with Gasteiger partial charge in [0.15, 0.2) is 0 Å². The maximum Gasteiger partial charge on any atom is 0.407 e. The molecule has 1 amide bonds. The number of ether oxygens (including phenoxy) is 2. The molecule has 1 aromatic carbocycles. The van der Waals surface area contributed by atoms with E-state index in [1.165, 1.54) is 0 Å². The van der Waals surface area contributed by atoms with Crippen molar-refractivity contribution < 1.29 is 26.9 Å². The molecule has 0 saturated carbocycles. The van der Waals surface area contributed by atoms with Gasteiger partial charge in [-0.2, -0.15) is 8.42 Å². The van der Waals surface area contributed by atoms with Gasteiger partial charge in [0, 0.05) is 6.61 Å². The van der Waals surface area contributed by atoms with E-state index >= 15 is 0 Å². The van der Waals surface area contributed by atoms with Crippen LogP contribution in [0.5, 0.6) is 0 Å². The molecule has 0 spiro atoms. The lowest BCUT2D eigenvalue weighted by Gasteiger charge is -2.28. The molecule has 8 heteroatoms. The standard InChI is InChI=1S/C18H29NO6S/c1-6-23-13-16(25-26(5,21)22)15(12-14-10-8-7-9-11-14)19-17(20)24-18(2,3)4/h7-11,15-16H,6,12-13H2,1-5H3,(H,19,20)/t15-,16+/m0/s1. The largest absolute Gasteiger partial charge is 0.444 e. The molecule has 0 bridgehead atoms. The highest BCUT2D eigenvalue weighted by molar-refractivity contribution is 7.86. The quantitative estimate of drug-likeness (QED) is 0.655. The van der Waals surface area contributed by atoms with Crippen LogP contribution in [0.25, 0.3) is 0 Å². The number of nitrogens with one attached hydrogen (secondary N) is 1. The number of hydrogen-bond donors (Lipinski definition) is 1. The van der Waals surface area contributed by atoms with Crippen LogP contribution >= 0.6 is 0 Å². The van der Waals surface area contributed by atoms with Gasteiger partial charge in [-0.3, -0.25) is 4.18 Å². The number of alkyl carbamates (subject to hydrolysis) is 1. The molecule has 7 nitrogen and oxygen atoms in total. The summed E-state index contributed by atoms with van der Waals surface area (Å²) in [7, 11) is -3.73. The number of carbonyl (C=O) groups is 1. The number of rotatable bonds is 9. The molecule has 0 aromatic heterocycles. The fourth-order valence-corrected chi connectivity index (χ4v) is 2.91. The normalized spacial score (nSPS) is 14.5. The van der Waals surface area contributed by atoms with Crippen molar-refractivity contribution in [2.75, 3.05) is 19.5 Å². The predicted molar refractivity (Wildman–Crippen MR) is 99.5 cm³/mol. The van der Waals surface area contributed by atoms with Crippen LogP contribution in [0.2, 0.25) is 0 Å². The molecule has 1 aromatic rings. The highest BCUT2D eigenvalue weighted by atomic mass is 32.2. The second-order valence-corrected chi connectivity index (χ2v) is 8.54. The monoisotopic (exact) mass is 387 g/mol. The number of carbonyl (C=O) groups excluding carboxylic acids is 1. The summed E-state index contributed by atoms with van der Waals surface area (Å²) in [6.45, 7) is 7.48. The number of hydrogen-bond acceptors (Lipinski definition) is 6. The molecule has 0 saturated heterocycles. The Morgan fingerprint density at radius 3 is 2.31 bits per heavy atom. The summed E-state index contributed by atoms with van der Waals surface area (Å²) in [4.78, 5) is 12.2. The first-order valence-corrected chi connectivity index (χ1v) is 10.3. The zero-order valence-corrected chi connectivity index (χ0v) is 16.8. The van der Waals surface area contributed by atoms with E-state index in [-0.39, 0.29) is 6.61 Å². The van der Waals surface area contributed by atoms with Crippen LogP contribution in [-0.2, 0) is 30.2 Å². The highest BCUT2D eigenvalue weighted by Gasteiger charge is 2.29. The summed E-state index contributed by atoms with van der Waals surface area (Å²) in [5.41, 5.74) is 0.251. The summed E-state index contributed by atoms with van der Waals surface area (Å²) >= 11 is 0. The van der Waals surface area contributed by atoms with E-state index in [9.17, 15) is 13.2 Å². The van der Waals surface area contributed by atoms with E-state index in [0.29, 0.717) is 13.0 Å². The second-order valence-electron chi connectivity index (χ2n) is 6.94. The van der Waals surface area contributed by atoms with Crippen LogP contribution in [-0.4, -0.2) is 51.7 Å². The maximum absolute atomic E-state index is 12.2. The van der Waals surface area contributed by atoms with E-state index < -0.39 is 34.0 Å². The minimum absolute atomic E-state index is 0.0247. The van der Waals surface area contributed by atoms with Crippen molar-refractivity contribution in [3.63, 3.8) is 0 Å². The molecule has 0 aliphatic carbocycles. The summed E-state index contributed by atoms with van der Waals surface area (Å²) < 4.78 is 39.1. The van der Waals surface area contributed by atoms with E-state index in [1.807, 2.05) is 30.3 Å². The lowest BCUT2D eigenvalue weighted by atomic mass is 10.0. The Bertz CT molecular complexity index is 654. The van der Waals surface area contributed by atoms with Gasteiger partial charge in [-0.1, -0.05) is 30.3 Å². The Morgan fingerprint density at radius 2 is 1.81 bits per heavy atom. The minimum atomic E-state index is -3.73. The third-order valence-electron chi connectivity index (χ3n) is 3.23. The molecule has 26 heavy (non-hydrogen) atoms. The zero-order valence-electron chi connectivity index (χ0n) is 16.0. The van der Waals surface area contributed by atoms with E-state index in [0.717, 1.165) is 11.8 Å².